The van der Waals surface area contributed by atoms with Crippen LogP contribution < -0.4 is 25.4 Å². The average molecular weight is 713 g/mol. The maximum absolute atomic E-state index is 13.8. The summed E-state index contributed by atoms with van der Waals surface area (Å²) in [5, 5.41) is 8.61. The van der Waals surface area contributed by atoms with Crippen LogP contribution in [-0.2, 0) is 9.59 Å². The van der Waals surface area contributed by atoms with Crippen LogP contribution in [0.3, 0.4) is 0 Å². The zero-order chi connectivity index (χ0) is 34.8. The number of anilines is 2. The fourth-order valence-corrected chi connectivity index (χ4v) is 6.10. The molecule has 5 aromatic rings. The number of benzene rings is 5. The Kier molecular flexibility index (Phi) is 12.0. The number of thioether (sulfide) groups is 1. The molecule has 0 fully saturated rings. The number of halogens is 2. The third-order valence-electron chi connectivity index (χ3n) is 7.14. The van der Waals surface area contributed by atoms with Gasteiger partial charge in [0, 0.05) is 27.4 Å². The molecule has 11 heteroatoms. The predicted molar refractivity (Wildman–Crippen MR) is 197 cm³/mol. The minimum absolute atomic E-state index is 0.0263. The van der Waals surface area contributed by atoms with Crippen LogP contribution in [0.2, 0.25) is 10.0 Å². The highest BCUT2D eigenvalue weighted by Crippen LogP contribution is 2.38. The van der Waals surface area contributed by atoms with Crippen LogP contribution in [0.1, 0.15) is 26.7 Å². The van der Waals surface area contributed by atoms with Gasteiger partial charge in [0.05, 0.1) is 24.3 Å². The van der Waals surface area contributed by atoms with E-state index in [1.807, 2.05) is 36.4 Å². The van der Waals surface area contributed by atoms with Crippen LogP contribution in [0.4, 0.5) is 11.4 Å². The van der Waals surface area contributed by atoms with Gasteiger partial charge in [-0.25, -0.2) is 0 Å². The Hall–Kier alpha value is -5.22. The van der Waals surface area contributed by atoms with Gasteiger partial charge in [-0.05, 0) is 78.4 Å². The minimum atomic E-state index is -0.650. The van der Waals surface area contributed by atoms with Crippen molar-refractivity contribution in [2.45, 2.75) is 10.1 Å². The van der Waals surface area contributed by atoms with Crippen LogP contribution in [-0.4, -0.2) is 31.9 Å². The first-order chi connectivity index (χ1) is 23.7. The summed E-state index contributed by atoms with van der Waals surface area (Å²) in [7, 11) is 3.04. The minimum Gasteiger partial charge on any atom is -0.497 e. The SMILES string of the molecule is COc1ccc(OC)c(/C=C(/NC(=O)c2ccccc2)C(=O)Nc2cccc(SC(C(=O)Nc3ccc(Cl)c(Cl)c3)c3ccccc3)c2)c1. The lowest BCUT2D eigenvalue weighted by molar-refractivity contribution is -0.116. The number of hydrogen-bond acceptors (Lipinski definition) is 6. The lowest BCUT2D eigenvalue weighted by Gasteiger charge is -2.18. The third-order valence-corrected chi connectivity index (χ3v) is 9.13. The van der Waals surface area contributed by atoms with E-state index in [1.54, 1.807) is 84.9 Å². The second-order valence-corrected chi connectivity index (χ2v) is 12.5. The summed E-state index contributed by atoms with van der Waals surface area (Å²) in [5.41, 5.74) is 2.60. The lowest BCUT2D eigenvalue weighted by atomic mass is 10.1. The van der Waals surface area contributed by atoms with Crippen molar-refractivity contribution >= 4 is 70.1 Å². The summed E-state index contributed by atoms with van der Waals surface area (Å²) in [6.07, 6.45) is 1.52. The molecule has 0 radical (unpaired) electrons. The van der Waals surface area contributed by atoms with Crippen LogP contribution in [0.15, 0.2) is 132 Å². The van der Waals surface area contributed by atoms with Gasteiger partial charge in [0.25, 0.3) is 11.8 Å². The second-order valence-electron chi connectivity index (χ2n) is 10.5. The van der Waals surface area contributed by atoms with Crippen LogP contribution >= 0.6 is 35.0 Å². The Balaban J connectivity index is 1.41. The van der Waals surface area contributed by atoms with Gasteiger partial charge < -0.3 is 25.4 Å². The molecule has 0 aliphatic heterocycles. The van der Waals surface area contributed by atoms with E-state index >= 15 is 0 Å². The van der Waals surface area contributed by atoms with Crippen LogP contribution in [0, 0.1) is 0 Å². The average Bonchev–Trinajstić information content (AvgIpc) is 3.12. The number of carbonyl (C=O) groups excluding carboxylic acids is 3. The highest BCUT2D eigenvalue weighted by molar-refractivity contribution is 8.00. The summed E-state index contributed by atoms with van der Waals surface area (Å²) in [4.78, 5) is 41.3. The molecule has 8 nitrogen and oxygen atoms in total. The molecule has 0 aliphatic carbocycles. The number of ether oxygens (including phenoxy) is 2. The molecule has 3 amide bonds. The summed E-state index contributed by atoms with van der Waals surface area (Å²) >= 11 is 13.5. The molecular weight excluding hydrogens is 681 g/mol. The fraction of sp³-hybridized carbons (Fsp3) is 0.0789. The van der Waals surface area contributed by atoms with Gasteiger partial charge in [-0.1, -0.05) is 77.8 Å². The van der Waals surface area contributed by atoms with Gasteiger partial charge in [-0.15, -0.1) is 11.8 Å². The van der Waals surface area contributed by atoms with Crippen molar-refractivity contribution < 1.29 is 23.9 Å². The molecule has 0 saturated carbocycles. The van der Waals surface area contributed by atoms with Gasteiger partial charge >= 0.3 is 0 Å². The topological polar surface area (TPSA) is 106 Å². The number of methoxy groups -OCH3 is 2. The Morgan fingerprint density at radius 2 is 1.43 bits per heavy atom. The molecule has 3 N–H and O–H groups in total. The fourth-order valence-electron chi connectivity index (χ4n) is 4.71. The van der Waals surface area contributed by atoms with Gasteiger partial charge in [0.2, 0.25) is 5.91 Å². The first kappa shape index (κ1) is 35.1. The number of amides is 3. The van der Waals surface area contributed by atoms with E-state index in [9.17, 15) is 14.4 Å². The van der Waals surface area contributed by atoms with E-state index in [1.165, 1.54) is 32.1 Å². The zero-order valence-corrected chi connectivity index (χ0v) is 28.7. The van der Waals surface area contributed by atoms with E-state index < -0.39 is 17.1 Å². The van der Waals surface area contributed by atoms with E-state index in [-0.39, 0.29) is 11.6 Å². The molecule has 0 aliphatic rings. The Morgan fingerprint density at radius 1 is 0.714 bits per heavy atom. The first-order valence-electron chi connectivity index (χ1n) is 14.9. The predicted octanol–water partition coefficient (Wildman–Crippen LogP) is 8.89. The molecule has 1 atom stereocenters. The van der Waals surface area contributed by atoms with Crippen molar-refractivity contribution in [3.63, 3.8) is 0 Å². The molecule has 0 heterocycles. The number of nitrogens with one attached hydrogen (secondary N) is 3. The Bertz CT molecular complexity index is 1990. The highest BCUT2D eigenvalue weighted by Gasteiger charge is 2.23. The van der Waals surface area contributed by atoms with Crippen molar-refractivity contribution in [2.75, 3.05) is 24.9 Å². The van der Waals surface area contributed by atoms with Gasteiger partial charge in [0.15, 0.2) is 0 Å². The molecule has 248 valence electrons. The normalized spacial score (nSPS) is 11.6. The number of hydrogen-bond donors (Lipinski definition) is 3. The summed E-state index contributed by atoms with van der Waals surface area (Å²) < 4.78 is 10.9. The summed E-state index contributed by atoms with van der Waals surface area (Å²) in [6.45, 7) is 0. The second kappa shape index (κ2) is 16.7. The molecule has 0 bridgehead atoms. The first-order valence-corrected chi connectivity index (χ1v) is 16.6. The molecule has 49 heavy (non-hydrogen) atoms. The van der Waals surface area contributed by atoms with Crippen LogP contribution in [0.5, 0.6) is 11.5 Å². The summed E-state index contributed by atoms with van der Waals surface area (Å²) in [6, 6.07) is 35.0. The largest absolute Gasteiger partial charge is 0.497 e. The van der Waals surface area contributed by atoms with Crippen LogP contribution in [0.25, 0.3) is 6.08 Å². The highest BCUT2D eigenvalue weighted by atomic mass is 35.5. The lowest BCUT2D eigenvalue weighted by Crippen LogP contribution is -2.30. The molecule has 1 unspecified atom stereocenters. The van der Waals surface area contributed by atoms with E-state index in [2.05, 4.69) is 16.0 Å². The maximum Gasteiger partial charge on any atom is 0.272 e. The quantitative estimate of drug-likeness (QED) is 0.0882. The van der Waals surface area contributed by atoms with Crippen molar-refractivity contribution in [1.29, 1.82) is 0 Å². The molecule has 0 saturated heterocycles. The van der Waals surface area contributed by atoms with Gasteiger partial charge in [0.1, 0.15) is 22.4 Å². The van der Waals surface area contributed by atoms with E-state index in [0.717, 1.165) is 5.56 Å². The van der Waals surface area contributed by atoms with Gasteiger partial charge in [-0.2, -0.15) is 0 Å². The monoisotopic (exact) mass is 711 g/mol. The third kappa shape index (κ3) is 9.45. The molecule has 5 rings (SSSR count). The Morgan fingerprint density at radius 3 is 2.12 bits per heavy atom. The molecule has 0 spiro atoms. The molecule has 0 aromatic heterocycles. The van der Waals surface area contributed by atoms with Crippen molar-refractivity contribution in [3.8, 4) is 11.5 Å². The van der Waals surface area contributed by atoms with Crippen molar-refractivity contribution in [3.05, 3.63) is 154 Å². The Labute approximate surface area is 298 Å². The van der Waals surface area contributed by atoms with E-state index in [4.69, 9.17) is 32.7 Å². The number of rotatable bonds is 12. The molecular formula is C38H31Cl2N3O5S. The maximum atomic E-state index is 13.8. The standard InChI is InChI=1S/C38H31Cl2N3O5S/c1-47-29-17-19-34(48-2)26(20-29)21-33(43-36(44)25-12-7-4-8-13-25)37(45)41-27-14-9-15-30(22-27)49-35(24-10-5-3-6-11-24)38(46)42-28-16-18-31(39)32(40)23-28/h3-23,35H,1-2H3,(H,41,45)(H,42,46)(H,43,44)/b33-21+. The summed E-state index contributed by atoms with van der Waals surface area (Å²) in [5.74, 6) is -0.295. The van der Waals surface area contributed by atoms with Crippen molar-refractivity contribution in [1.82, 2.24) is 5.32 Å². The smallest absolute Gasteiger partial charge is 0.272 e. The number of carbonyl (C=O) groups is 3. The van der Waals surface area contributed by atoms with E-state index in [0.29, 0.717) is 48.9 Å². The molecule has 5 aromatic carbocycles. The van der Waals surface area contributed by atoms with Crippen molar-refractivity contribution in [2.24, 2.45) is 0 Å². The van der Waals surface area contributed by atoms with Gasteiger partial charge in [-0.3, -0.25) is 14.4 Å². The zero-order valence-electron chi connectivity index (χ0n) is 26.4.